The van der Waals surface area contributed by atoms with Gasteiger partial charge in [-0.25, -0.2) is 9.59 Å². The zero-order valence-electron chi connectivity index (χ0n) is 30.5. The number of ether oxygens (including phenoxy) is 5. The van der Waals surface area contributed by atoms with Crippen molar-refractivity contribution >= 4 is 29.4 Å². The first kappa shape index (κ1) is 41.3. The number of methoxy groups -OCH3 is 1. The van der Waals surface area contributed by atoms with Gasteiger partial charge in [0.15, 0.2) is 17.9 Å². The number of phenolic OH excluding ortho intramolecular Hbond substituents is 2. The van der Waals surface area contributed by atoms with Crippen molar-refractivity contribution in [1.82, 2.24) is 21.3 Å². The van der Waals surface area contributed by atoms with Gasteiger partial charge in [-0.15, -0.1) is 0 Å². The van der Waals surface area contributed by atoms with E-state index >= 15 is 0 Å². The number of aliphatic hydroxyl groups excluding tert-OH is 2. The molecule has 0 spiro atoms. The van der Waals surface area contributed by atoms with Gasteiger partial charge in [0.1, 0.15) is 35.6 Å². The number of amides is 4. The number of aliphatic hydroxyl groups is 3. The van der Waals surface area contributed by atoms with E-state index in [0.717, 1.165) is 0 Å². The van der Waals surface area contributed by atoms with Crippen LogP contribution in [0.3, 0.4) is 0 Å². The highest BCUT2D eigenvalue weighted by atomic mass is 16.7. The number of hydrogen-bond acceptors (Lipinski definition) is 15. The predicted octanol–water partition coefficient (Wildman–Crippen LogP) is -0.696. The fourth-order valence-corrected chi connectivity index (χ4v) is 6.96. The molecule has 3 aliphatic rings. The Hall–Kier alpha value is -4.89. The van der Waals surface area contributed by atoms with E-state index < -0.39 is 102 Å². The Morgan fingerprint density at radius 1 is 0.945 bits per heavy atom. The van der Waals surface area contributed by atoms with Crippen molar-refractivity contribution in [2.45, 2.75) is 62.4 Å². The molecular formula is C36H46N4O15. The molecule has 300 valence electrons. The molecule has 9 N–H and O–H groups in total. The SMILES string of the molecule is CNC(=O)NCCOCCOCCNC(=O)NC1CC(O[C@H]2C[C@](O)(C(=O)CO)Cc3c(O)c4c(c(O)c32)C(=O)c2c(OC)cccc2C4=O)O[C@@H](C)[C@@H]1O. The molecule has 55 heavy (non-hydrogen) atoms. The number of Topliss-reactive ketones (excluding diaryl/α,β-unsaturated/α-hetero) is 1. The van der Waals surface area contributed by atoms with Gasteiger partial charge in [-0.3, -0.25) is 14.4 Å². The number of hydrogen-bond donors (Lipinski definition) is 9. The van der Waals surface area contributed by atoms with Crippen LogP contribution in [0.5, 0.6) is 17.2 Å². The summed E-state index contributed by atoms with van der Waals surface area (Å²) in [6.45, 7) is 1.82. The topological polar surface area (TPSA) is 281 Å². The van der Waals surface area contributed by atoms with Gasteiger partial charge >= 0.3 is 12.1 Å². The zero-order chi connectivity index (χ0) is 40.0. The number of carbonyl (C=O) groups is 5. The molecule has 0 radical (unpaired) electrons. The minimum atomic E-state index is -2.34. The average molecular weight is 775 g/mol. The maximum atomic E-state index is 13.9. The van der Waals surface area contributed by atoms with Gasteiger partial charge in [0.25, 0.3) is 0 Å². The molecule has 19 heteroatoms. The highest BCUT2D eigenvalue weighted by molar-refractivity contribution is 6.31. The second kappa shape index (κ2) is 17.7. The number of phenols is 2. The third-order valence-corrected chi connectivity index (χ3v) is 9.74. The summed E-state index contributed by atoms with van der Waals surface area (Å²) in [5.74, 6) is -4.10. The van der Waals surface area contributed by atoms with Crippen LogP contribution in [0.4, 0.5) is 9.59 Å². The molecular weight excluding hydrogens is 728 g/mol. The number of benzene rings is 2. The summed E-state index contributed by atoms with van der Waals surface area (Å²) in [5.41, 5.74) is -4.08. The Bertz CT molecular complexity index is 1800. The molecule has 5 rings (SSSR count). The number of carbonyl (C=O) groups excluding carboxylic acids is 5. The predicted molar refractivity (Wildman–Crippen MR) is 188 cm³/mol. The first-order valence-corrected chi connectivity index (χ1v) is 17.6. The van der Waals surface area contributed by atoms with Crippen molar-refractivity contribution in [3.8, 4) is 17.2 Å². The van der Waals surface area contributed by atoms with Crippen LogP contribution >= 0.6 is 0 Å². The van der Waals surface area contributed by atoms with Crippen LogP contribution in [0.2, 0.25) is 0 Å². The lowest BCUT2D eigenvalue weighted by atomic mass is 9.72. The van der Waals surface area contributed by atoms with Gasteiger partial charge in [0.05, 0.1) is 68.5 Å². The summed E-state index contributed by atoms with van der Waals surface area (Å²) in [4.78, 5) is 64.4. The number of urea groups is 2. The molecule has 0 saturated carbocycles. The fourth-order valence-electron chi connectivity index (χ4n) is 6.96. The van der Waals surface area contributed by atoms with Crippen molar-refractivity contribution in [3.63, 3.8) is 0 Å². The van der Waals surface area contributed by atoms with Crippen LogP contribution in [0.15, 0.2) is 18.2 Å². The average Bonchev–Trinajstić information content (AvgIpc) is 3.16. The van der Waals surface area contributed by atoms with E-state index in [-0.39, 0.29) is 66.8 Å². The molecule has 2 aromatic carbocycles. The summed E-state index contributed by atoms with van der Waals surface area (Å²) in [5, 5.41) is 65.6. The molecule has 2 aromatic rings. The Labute approximate surface area is 315 Å². The van der Waals surface area contributed by atoms with E-state index in [9.17, 15) is 49.5 Å². The summed E-state index contributed by atoms with van der Waals surface area (Å²) in [7, 11) is 2.80. The second-order valence-corrected chi connectivity index (χ2v) is 13.2. The smallest absolute Gasteiger partial charge is 0.315 e. The zero-order valence-corrected chi connectivity index (χ0v) is 30.5. The van der Waals surface area contributed by atoms with Crippen LogP contribution in [0.1, 0.15) is 68.8 Å². The molecule has 0 bridgehead atoms. The molecule has 1 aliphatic heterocycles. The normalized spacial score (nSPS) is 24.2. The van der Waals surface area contributed by atoms with Gasteiger partial charge in [-0.2, -0.15) is 0 Å². The minimum Gasteiger partial charge on any atom is -0.507 e. The molecule has 4 amide bonds. The number of rotatable bonds is 15. The first-order valence-electron chi connectivity index (χ1n) is 17.6. The maximum absolute atomic E-state index is 13.9. The van der Waals surface area contributed by atoms with Crippen LogP contribution < -0.4 is 26.0 Å². The molecule has 6 atom stereocenters. The number of aromatic hydroxyl groups is 2. The quantitative estimate of drug-likeness (QED) is 0.0682. The minimum absolute atomic E-state index is 0.0573. The summed E-state index contributed by atoms with van der Waals surface area (Å²) >= 11 is 0. The monoisotopic (exact) mass is 774 g/mol. The Kier molecular flexibility index (Phi) is 13.3. The van der Waals surface area contributed by atoms with Gasteiger partial charge in [0.2, 0.25) is 5.78 Å². The summed E-state index contributed by atoms with van der Waals surface area (Å²) < 4.78 is 28.1. The second-order valence-electron chi connectivity index (χ2n) is 13.2. The summed E-state index contributed by atoms with van der Waals surface area (Å²) in [6, 6.07) is 2.40. The molecule has 1 fully saturated rings. The van der Waals surface area contributed by atoms with E-state index in [1.54, 1.807) is 0 Å². The number of ketones is 3. The lowest BCUT2D eigenvalue weighted by Gasteiger charge is -2.42. The first-order chi connectivity index (χ1) is 26.3. The number of fused-ring (bicyclic) bond motifs is 3. The molecule has 19 nitrogen and oxygen atoms in total. The summed E-state index contributed by atoms with van der Waals surface area (Å²) in [6.07, 6.45) is -6.23. The van der Waals surface area contributed by atoms with Crippen LogP contribution in [-0.2, 0) is 30.2 Å². The van der Waals surface area contributed by atoms with Crippen molar-refractivity contribution in [1.29, 1.82) is 0 Å². The van der Waals surface area contributed by atoms with Crippen LogP contribution in [0, 0.1) is 0 Å². The molecule has 0 aromatic heterocycles. The lowest BCUT2D eigenvalue weighted by Crippen LogP contribution is -2.57. The largest absolute Gasteiger partial charge is 0.507 e. The van der Waals surface area contributed by atoms with E-state index in [2.05, 4.69) is 21.3 Å². The highest BCUT2D eigenvalue weighted by Crippen LogP contribution is 2.52. The number of nitrogens with one attached hydrogen (secondary N) is 4. The third kappa shape index (κ3) is 8.67. The Morgan fingerprint density at radius 2 is 1.60 bits per heavy atom. The Balaban J connectivity index is 1.29. The lowest BCUT2D eigenvalue weighted by molar-refractivity contribution is -0.249. The van der Waals surface area contributed by atoms with E-state index in [0.29, 0.717) is 13.2 Å². The standard InChI is InChI=1S/C36H46N4O15/c1-17-29(43)20(40-35(49)39-8-10-53-12-11-52-9-7-38-34(48)37-2)13-24(54-17)55-22-15-36(50,23(42)16-41)14-19-26(22)33(47)28-27(31(19)45)30(44)18-5-4-6-21(51-3)25(18)32(28)46/h4-6,17,20,22,24,29,41,43,45,47,50H,7-16H2,1-3H3,(H2,37,38,48)(H2,39,40,49)/t17-,20?,22-,24?,29-,36-/m0/s1. The molecule has 1 saturated heterocycles. The van der Waals surface area contributed by atoms with Crippen molar-refractivity contribution < 1.29 is 73.2 Å². The molecule has 2 unspecified atom stereocenters. The van der Waals surface area contributed by atoms with E-state index in [4.69, 9.17) is 23.7 Å². The van der Waals surface area contributed by atoms with Crippen molar-refractivity contribution in [2.75, 3.05) is 60.3 Å². The van der Waals surface area contributed by atoms with Gasteiger partial charge in [0, 0.05) is 56.1 Å². The van der Waals surface area contributed by atoms with Crippen molar-refractivity contribution in [2.24, 2.45) is 0 Å². The molecule has 1 heterocycles. The third-order valence-electron chi connectivity index (χ3n) is 9.74. The van der Waals surface area contributed by atoms with Crippen LogP contribution in [0.25, 0.3) is 0 Å². The van der Waals surface area contributed by atoms with Gasteiger partial charge < -0.3 is 70.5 Å². The Morgan fingerprint density at radius 3 is 2.24 bits per heavy atom. The molecule has 2 aliphatic carbocycles. The van der Waals surface area contributed by atoms with Gasteiger partial charge in [-0.05, 0) is 13.0 Å². The van der Waals surface area contributed by atoms with Crippen molar-refractivity contribution in [3.05, 3.63) is 51.6 Å². The van der Waals surface area contributed by atoms with E-state index in [1.165, 1.54) is 39.3 Å². The van der Waals surface area contributed by atoms with E-state index in [1.807, 2.05) is 0 Å². The van der Waals surface area contributed by atoms with Crippen LogP contribution in [-0.4, -0.2) is 145 Å². The van der Waals surface area contributed by atoms with Gasteiger partial charge in [-0.1, -0.05) is 12.1 Å². The fraction of sp³-hybridized carbons (Fsp3) is 0.528. The highest BCUT2D eigenvalue weighted by Gasteiger charge is 2.50. The maximum Gasteiger partial charge on any atom is 0.315 e.